The minimum Gasteiger partial charge on any atom is -0.426 e. The number of halogens is 2. The highest BCUT2D eigenvalue weighted by Gasteiger charge is 2.20. The molecule has 22 heavy (non-hydrogen) atoms. The number of carbonyl (C=O) groups excluding carboxylic acids is 1. The van der Waals surface area contributed by atoms with Crippen LogP contribution in [0.5, 0.6) is 5.75 Å². The van der Waals surface area contributed by atoms with Crippen LogP contribution in [0.4, 0.5) is 0 Å². The van der Waals surface area contributed by atoms with Crippen LogP contribution in [-0.4, -0.2) is 16.1 Å². The molecule has 0 aliphatic rings. The standard InChI is InChI=1S/C16H16Br2O4/c1-8-5-14(20)22-16-12(8)4-9(2)15(21-10(3)19)13(16)6-11(18)7-17/h4-5,11H,6-7H2,1-3H3. The molecule has 0 saturated carbocycles. The number of hydrogen-bond acceptors (Lipinski definition) is 4. The van der Waals surface area contributed by atoms with Crippen molar-refractivity contribution in [2.45, 2.75) is 32.0 Å². The number of esters is 1. The van der Waals surface area contributed by atoms with E-state index in [9.17, 15) is 9.59 Å². The molecule has 4 nitrogen and oxygen atoms in total. The molecule has 118 valence electrons. The van der Waals surface area contributed by atoms with Crippen LogP contribution in [0.3, 0.4) is 0 Å². The summed E-state index contributed by atoms with van der Waals surface area (Å²) in [6.07, 6.45) is 0.568. The zero-order chi connectivity index (χ0) is 16.4. The lowest BCUT2D eigenvalue weighted by molar-refractivity contribution is -0.131. The van der Waals surface area contributed by atoms with Gasteiger partial charge >= 0.3 is 11.6 Å². The smallest absolute Gasteiger partial charge is 0.336 e. The van der Waals surface area contributed by atoms with Crippen LogP contribution < -0.4 is 10.4 Å². The Balaban J connectivity index is 2.80. The summed E-state index contributed by atoms with van der Waals surface area (Å²) in [6.45, 7) is 5.10. The Morgan fingerprint density at radius 1 is 1.32 bits per heavy atom. The second-order valence-electron chi connectivity index (χ2n) is 5.18. The van der Waals surface area contributed by atoms with Gasteiger partial charge in [0.2, 0.25) is 0 Å². The number of alkyl halides is 2. The second kappa shape index (κ2) is 6.96. The molecule has 0 aliphatic carbocycles. The predicted molar refractivity (Wildman–Crippen MR) is 93.5 cm³/mol. The molecule has 0 amide bonds. The molecule has 0 spiro atoms. The lowest BCUT2D eigenvalue weighted by Gasteiger charge is -2.16. The average Bonchev–Trinajstić information content (AvgIpc) is 2.43. The first-order valence-electron chi connectivity index (χ1n) is 6.78. The fourth-order valence-electron chi connectivity index (χ4n) is 2.39. The van der Waals surface area contributed by atoms with Gasteiger partial charge in [-0.3, -0.25) is 4.79 Å². The molecule has 0 saturated heterocycles. The molecular weight excluding hydrogens is 416 g/mol. The van der Waals surface area contributed by atoms with E-state index in [1.54, 1.807) is 0 Å². The Morgan fingerprint density at radius 3 is 2.59 bits per heavy atom. The topological polar surface area (TPSA) is 56.5 Å². The SMILES string of the molecule is CC(=O)Oc1c(C)cc2c(C)cc(=O)oc2c1CC(Br)CBr. The summed E-state index contributed by atoms with van der Waals surface area (Å²) in [6, 6.07) is 3.35. The maximum absolute atomic E-state index is 11.7. The van der Waals surface area contributed by atoms with E-state index in [2.05, 4.69) is 31.9 Å². The highest BCUT2D eigenvalue weighted by atomic mass is 79.9. The van der Waals surface area contributed by atoms with Crippen molar-refractivity contribution in [3.05, 3.63) is 39.2 Å². The van der Waals surface area contributed by atoms with E-state index in [0.717, 1.165) is 27.4 Å². The van der Waals surface area contributed by atoms with Crippen molar-refractivity contribution in [3.63, 3.8) is 0 Å². The van der Waals surface area contributed by atoms with Gasteiger partial charge < -0.3 is 9.15 Å². The van der Waals surface area contributed by atoms with Gasteiger partial charge in [0.15, 0.2) is 0 Å². The third-order valence-corrected chi connectivity index (χ3v) is 5.61. The van der Waals surface area contributed by atoms with E-state index in [-0.39, 0.29) is 4.83 Å². The van der Waals surface area contributed by atoms with Crippen molar-refractivity contribution >= 4 is 48.8 Å². The summed E-state index contributed by atoms with van der Waals surface area (Å²) in [4.78, 5) is 23.3. The van der Waals surface area contributed by atoms with Gasteiger partial charge in [-0.05, 0) is 37.5 Å². The highest BCUT2D eigenvalue weighted by Crippen LogP contribution is 2.34. The number of rotatable bonds is 4. The van der Waals surface area contributed by atoms with Crippen molar-refractivity contribution < 1.29 is 13.9 Å². The summed E-state index contributed by atoms with van der Waals surface area (Å²) in [5.41, 5.74) is 2.48. The number of fused-ring (bicyclic) bond motifs is 1. The molecule has 1 unspecified atom stereocenters. The minimum atomic E-state index is -0.408. The van der Waals surface area contributed by atoms with Crippen LogP contribution in [0.2, 0.25) is 0 Å². The van der Waals surface area contributed by atoms with Gasteiger partial charge in [-0.2, -0.15) is 0 Å². The van der Waals surface area contributed by atoms with E-state index >= 15 is 0 Å². The first kappa shape index (κ1) is 17.2. The maximum Gasteiger partial charge on any atom is 0.336 e. The first-order chi connectivity index (χ1) is 10.3. The minimum absolute atomic E-state index is 0.123. The van der Waals surface area contributed by atoms with E-state index in [1.165, 1.54) is 13.0 Å². The third-order valence-electron chi connectivity index (χ3n) is 3.31. The maximum atomic E-state index is 11.7. The molecule has 0 bridgehead atoms. The summed E-state index contributed by atoms with van der Waals surface area (Å²) >= 11 is 6.97. The predicted octanol–water partition coefficient (Wildman–Crippen LogP) is 4.04. The lowest BCUT2D eigenvalue weighted by atomic mass is 9.99. The van der Waals surface area contributed by atoms with Crippen molar-refractivity contribution in [2.75, 3.05) is 5.33 Å². The molecule has 1 atom stereocenters. The molecule has 2 aromatic rings. The van der Waals surface area contributed by atoms with Gasteiger partial charge in [-0.1, -0.05) is 31.9 Å². The van der Waals surface area contributed by atoms with Crippen molar-refractivity contribution in [3.8, 4) is 5.75 Å². The number of benzene rings is 1. The van der Waals surface area contributed by atoms with Gasteiger partial charge in [-0.15, -0.1) is 0 Å². The number of ether oxygens (including phenoxy) is 1. The summed E-state index contributed by atoms with van der Waals surface area (Å²) in [7, 11) is 0. The van der Waals surface area contributed by atoms with Crippen molar-refractivity contribution in [1.82, 2.24) is 0 Å². The first-order valence-corrected chi connectivity index (χ1v) is 8.82. The Hall–Kier alpha value is -1.14. The number of aryl methyl sites for hydroxylation is 2. The number of carbonyl (C=O) groups is 1. The van der Waals surface area contributed by atoms with Crippen LogP contribution in [0.25, 0.3) is 11.0 Å². The van der Waals surface area contributed by atoms with Gasteiger partial charge in [-0.25, -0.2) is 4.79 Å². The van der Waals surface area contributed by atoms with Gasteiger partial charge in [0.05, 0.1) is 0 Å². The molecule has 0 N–H and O–H groups in total. The molecule has 1 aromatic carbocycles. The average molecular weight is 432 g/mol. The fourth-order valence-corrected chi connectivity index (χ4v) is 2.95. The Labute approximate surface area is 145 Å². The Morgan fingerprint density at radius 2 is 2.00 bits per heavy atom. The molecule has 0 radical (unpaired) electrons. The van der Waals surface area contributed by atoms with E-state index in [1.807, 2.05) is 19.9 Å². The molecule has 2 rings (SSSR count). The molecule has 0 fully saturated rings. The summed E-state index contributed by atoms with van der Waals surface area (Å²) in [5, 5.41) is 1.58. The number of hydrogen-bond donors (Lipinski definition) is 0. The molecule has 0 aliphatic heterocycles. The van der Waals surface area contributed by atoms with Crippen LogP contribution >= 0.6 is 31.9 Å². The quantitative estimate of drug-likeness (QED) is 0.317. The summed E-state index contributed by atoms with van der Waals surface area (Å²) in [5.74, 6) is 0.0721. The van der Waals surface area contributed by atoms with Gasteiger partial charge in [0.25, 0.3) is 0 Å². The Bertz CT molecular complexity index is 780. The second-order valence-corrected chi connectivity index (χ2v) is 7.12. The zero-order valence-corrected chi connectivity index (χ0v) is 15.7. The van der Waals surface area contributed by atoms with Crippen LogP contribution in [0.1, 0.15) is 23.6 Å². The van der Waals surface area contributed by atoms with Crippen LogP contribution in [0.15, 0.2) is 21.3 Å². The monoisotopic (exact) mass is 430 g/mol. The Kier molecular flexibility index (Phi) is 5.45. The normalized spacial score (nSPS) is 12.4. The van der Waals surface area contributed by atoms with E-state index in [0.29, 0.717) is 17.8 Å². The van der Waals surface area contributed by atoms with Crippen molar-refractivity contribution in [2.24, 2.45) is 0 Å². The molecular formula is C16H16Br2O4. The third kappa shape index (κ3) is 3.60. The zero-order valence-electron chi connectivity index (χ0n) is 12.5. The fraction of sp³-hybridized carbons (Fsp3) is 0.375. The van der Waals surface area contributed by atoms with E-state index < -0.39 is 11.6 Å². The van der Waals surface area contributed by atoms with Gasteiger partial charge in [0, 0.05) is 34.1 Å². The largest absolute Gasteiger partial charge is 0.426 e. The lowest BCUT2D eigenvalue weighted by Crippen LogP contribution is -2.12. The summed E-state index contributed by atoms with van der Waals surface area (Å²) < 4.78 is 10.8. The van der Waals surface area contributed by atoms with Gasteiger partial charge in [0.1, 0.15) is 11.3 Å². The molecule has 1 aromatic heterocycles. The van der Waals surface area contributed by atoms with E-state index in [4.69, 9.17) is 9.15 Å². The van der Waals surface area contributed by atoms with Crippen molar-refractivity contribution in [1.29, 1.82) is 0 Å². The highest BCUT2D eigenvalue weighted by molar-refractivity contribution is 9.12. The molecule has 1 heterocycles. The molecule has 6 heteroatoms. The van der Waals surface area contributed by atoms with Crippen LogP contribution in [-0.2, 0) is 11.2 Å². The van der Waals surface area contributed by atoms with Crippen LogP contribution in [0, 0.1) is 13.8 Å².